The third-order valence-electron chi connectivity index (χ3n) is 6.05. The monoisotopic (exact) mass is 440 g/mol. The van der Waals surface area contributed by atoms with E-state index in [1.807, 2.05) is 0 Å². The molecule has 2 amide bonds. The second-order valence-electron chi connectivity index (χ2n) is 7.96. The van der Waals surface area contributed by atoms with Crippen LogP contribution in [0, 0.1) is 0 Å². The summed E-state index contributed by atoms with van der Waals surface area (Å²) in [4.78, 5) is 27.4. The Kier molecular flexibility index (Phi) is 5.18. The van der Waals surface area contributed by atoms with Crippen molar-refractivity contribution >= 4 is 31.7 Å². The number of hydrogen-bond donors (Lipinski definition) is 0. The minimum atomic E-state index is -4.08. The number of rotatable bonds is 4. The molecule has 0 radical (unpaired) electrons. The zero-order valence-corrected chi connectivity index (χ0v) is 17.6. The Morgan fingerprint density at radius 2 is 1.69 bits per heavy atom. The van der Waals surface area contributed by atoms with E-state index in [0.29, 0.717) is 10.7 Å². The number of sulfonamides is 1. The molecule has 4 rings (SSSR count). The van der Waals surface area contributed by atoms with Crippen LogP contribution < -0.4 is 0 Å². The van der Waals surface area contributed by atoms with Gasteiger partial charge >= 0.3 is 0 Å². The summed E-state index contributed by atoms with van der Waals surface area (Å²) in [7, 11) is -7.29. The Bertz CT molecular complexity index is 1040. The standard InChI is InChI=1S/C19H24N2O6S2/c22-18(12-20-19(23)16-8-4-5-9-17(16)29(20,26)27)21(14-6-2-1-3-7-14)15-10-11-28(24,25)13-15/h4-5,8-9,14-15H,1-3,6-7,10-13H2. The molecule has 29 heavy (non-hydrogen) atoms. The van der Waals surface area contributed by atoms with Gasteiger partial charge in [-0.15, -0.1) is 0 Å². The van der Waals surface area contributed by atoms with Gasteiger partial charge in [-0.2, -0.15) is 0 Å². The lowest BCUT2D eigenvalue weighted by molar-refractivity contribution is -0.136. The molecule has 3 aliphatic rings. The van der Waals surface area contributed by atoms with Crippen LogP contribution in [0.1, 0.15) is 48.9 Å². The summed E-state index contributed by atoms with van der Waals surface area (Å²) >= 11 is 0. The fourth-order valence-corrected chi connectivity index (χ4v) is 7.88. The predicted molar refractivity (Wildman–Crippen MR) is 105 cm³/mol. The van der Waals surface area contributed by atoms with Gasteiger partial charge in [0.15, 0.2) is 9.84 Å². The van der Waals surface area contributed by atoms with Gasteiger partial charge in [-0.25, -0.2) is 21.1 Å². The summed E-state index contributed by atoms with van der Waals surface area (Å²) in [6.07, 6.45) is 4.84. The molecule has 2 fully saturated rings. The number of fused-ring (bicyclic) bond motifs is 1. The van der Waals surface area contributed by atoms with Gasteiger partial charge in [-0.3, -0.25) is 9.59 Å². The fourth-order valence-electron chi connectivity index (χ4n) is 4.65. The van der Waals surface area contributed by atoms with Gasteiger partial charge in [-0.1, -0.05) is 31.4 Å². The van der Waals surface area contributed by atoms with Crippen molar-refractivity contribution in [2.45, 2.75) is 55.5 Å². The average Bonchev–Trinajstić information content (AvgIpc) is 3.13. The molecule has 1 unspecified atom stereocenters. The van der Waals surface area contributed by atoms with Crippen molar-refractivity contribution in [2.24, 2.45) is 0 Å². The predicted octanol–water partition coefficient (Wildman–Crippen LogP) is 1.18. The first kappa shape index (κ1) is 20.3. The van der Waals surface area contributed by atoms with E-state index < -0.39 is 44.3 Å². The van der Waals surface area contributed by atoms with E-state index in [2.05, 4.69) is 0 Å². The highest BCUT2D eigenvalue weighted by Crippen LogP contribution is 2.32. The Balaban J connectivity index is 1.61. The quantitative estimate of drug-likeness (QED) is 0.696. The van der Waals surface area contributed by atoms with Crippen LogP contribution in [0.2, 0.25) is 0 Å². The second kappa shape index (κ2) is 7.39. The molecule has 0 N–H and O–H groups in total. The van der Waals surface area contributed by atoms with Crippen molar-refractivity contribution in [1.82, 2.24) is 9.21 Å². The van der Waals surface area contributed by atoms with Crippen molar-refractivity contribution in [3.8, 4) is 0 Å². The van der Waals surface area contributed by atoms with Crippen molar-refractivity contribution in [3.05, 3.63) is 29.8 Å². The van der Waals surface area contributed by atoms with Crippen molar-refractivity contribution in [3.63, 3.8) is 0 Å². The third-order valence-corrected chi connectivity index (χ3v) is 9.59. The van der Waals surface area contributed by atoms with E-state index in [1.165, 1.54) is 18.2 Å². The van der Waals surface area contributed by atoms with Gasteiger partial charge in [0, 0.05) is 12.1 Å². The van der Waals surface area contributed by atoms with E-state index in [4.69, 9.17) is 0 Å². The van der Waals surface area contributed by atoms with Crippen LogP contribution in [0.25, 0.3) is 0 Å². The summed E-state index contributed by atoms with van der Waals surface area (Å²) in [6.45, 7) is -0.594. The maximum atomic E-state index is 13.3. The maximum absolute atomic E-state index is 13.3. The maximum Gasteiger partial charge on any atom is 0.269 e. The molecule has 2 aliphatic heterocycles. The number of amides is 2. The molecular formula is C19H24N2O6S2. The van der Waals surface area contributed by atoms with Gasteiger partial charge in [0.05, 0.1) is 17.1 Å². The Hall–Kier alpha value is -1.94. The molecule has 0 bridgehead atoms. The molecule has 10 heteroatoms. The zero-order valence-electron chi connectivity index (χ0n) is 16.0. The molecule has 0 spiro atoms. The smallest absolute Gasteiger partial charge is 0.269 e. The van der Waals surface area contributed by atoms with Crippen LogP contribution in [0.5, 0.6) is 0 Å². The second-order valence-corrected chi connectivity index (χ2v) is 12.0. The van der Waals surface area contributed by atoms with E-state index >= 15 is 0 Å². The van der Waals surface area contributed by atoms with E-state index in [9.17, 15) is 26.4 Å². The lowest BCUT2D eigenvalue weighted by Crippen LogP contribution is -2.52. The molecule has 0 aromatic heterocycles. The average molecular weight is 441 g/mol. The fraction of sp³-hybridized carbons (Fsp3) is 0.579. The summed E-state index contributed by atoms with van der Waals surface area (Å²) in [6, 6.07) is 5.33. The summed E-state index contributed by atoms with van der Waals surface area (Å²) in [5.74, 6) is -1.28. The van der Waals surface area contributed by atoms with Gasteiger partial charge in [0.25, 0.3) is 15.9 Å². The molecule has 1 saturated heterocycles. The third kappa shape index (κ3) is 3.68. The molecule has 1 aliphatic carbocycles. The normalized spacial score (nSPS) is 25.7. The summed E-state index contributed by atoms with van der Waals surface area (Å²) in [5.41, 5.74) is 0.0629. The van der Waals surface area contributed by atoms with Crippen LogP contribution in [0.3, 0.4) is 0 Å². The first-order valence-corrected chi connectivity index (χ1v) is 13.1. The zero-order chi connectivity index (χ0) is 20.8. The van der Waals surface area contributed by atoms with E-state index in [0.717, 1.165) is 32.1 Å². The first-order valence-electron chi connectivity index (χ1n) is 9.88. The number of carbonyl (C=O) groups is 2. The molecule has 1 aromatic rings. The van der Waals surface area contributed by atoms with E-state index in [-0.39, 0.29) is 28.0 Å². The van der Waals surface area contributed by atoms with Gasteiger partial charge in [0.1, 0.15) is 11.4 Å². The number of sulfone groups is 1. The highest BCUT2D eigenvalue weighted by molar-refractivity contribution is 7.91. The number of carbonyl (C=O) groups excluding carboxylic acids is 2. The largest absolute Gasteiger partial charge is 0.334 e. The topological polar surface area (TPSA) is 109 Å². The molecule has 158 valence electrons. The van der Waals surface area contributed by atoms with Crippen LogP contribution in [0.15, 0.2) is 29.2 Å². The molecular weight excluding hydrogens is 416 g/mol. The SMILES string of the molecule is O=C(CN1C(=O)c2ccccc2S1(=O)=O)N(C1CCCCC1)C1CCS(=O)(=O)C1. The van der Waals surface area contributed by atoms with Crippen LogP contribution in [-0.4, -0.2) is 68.0 Å². The summed E-state index contributed by atoms with van der Waals surface area (Å²) in [5, 5.41) is 0. The van der Waals surface area contributed by atoms with Crippen LogP contribution >= 0.6 is 0 Å². The first-order chi connectivity index (χ1) is 13.7. The number of benzene rings is 1. The number of hydrogen-bond acceptors (Lipinski definition) is 6. The molecule has 1 atom stereocenters. The van der Waals surface area contributed by atoms with Crippen molar-refractivity contribution in [2.75, 3.05) is 18.1 Å². The highest BCUT2D eigenvalue weighted by atomic mass is 32.2. The Morgan fingerprint density at radius 1 is 1.00 bits per heavy atom. The Labute approximate surface area is 170 Å². The van der Waals surface area contributed by atoms with Crippen LogP contribution in [0.4, 0.5) is 0 Å². The minimum Gasteiger partial charge on any atom is -0.334 e. The molecule has 1 aromatic carbocycles. The minimum absolute atomic E-state index is 0.0283. The number of nitrogens with zero attached hydrogens (tertiary/aromatic N) is 2. The molecule has 8 nitrogen and oxygen atoms in total. The van der Waals surface area contributed by atoms with Gasteiger partial charge < -0.3 is 4.90 Å². The summed E-state index contributed by atoms with van der Waals surface area (Å²) < 4.78 is 50.2. The van der Waals surface area contributed by atoms with Gasteiger partial charge in [0.2, 0.25) is 5.91 Å². The molecule has 1 saturated carbocycles. The lowest BCUT2D eigenvalue weighted by atomic mass is 9.93. The molecule has 2 heterocycles. The van der Waals surface area contributed by atoms with Crippen molar-refractivity contribution < 1.29 is 26.4 Å². The van der Waals surface area contributed by atoms with Crippen molar-refractivity contribution in [1.29, 1.82) is 0 Å². The highest BCUT2D eigenvalue weighted by Gasteiger charge is 2.45. The van der Waals surface area contributed by atoms with E-state index in [1.54, 1.807) is 11.0 Å². The van der Waals surface area contributed by atoms with Crippen LogP contribution in [-0.2, 0) is 24.7 Å². The Morgan fingerprint density at radius 3 is 2.31 bits per heavy atom. The van der Waals surface area contributed by atoms with Gasteiger partial charge in [-0.05, 0) is 31.4 Å². The lowest BCUT2D eigenvalue weighted by Gasteiger charge is -2.38.